The van der Waals surface area contributed by atoms with Gasteiger partial charge in [-0.25, -0.2) is 4.79 Å². The highest BCUT2D eigenvalue weighted by Gasteiger charge is 2.36. The Kier molecular flexibility index (Phi) is 4.26. The van der Waals surface area contributed by atoms with Crippen LogP contribution in [0.2, 0.25) is 0 Å². The summed E-state index contributed by atoms with van der Waals surface area (Å²) < 4.78 is 9.34. The number of hydrogen-bond donors (Lipinski definition) is 0. The van der Waals surface area contributed by atoms with E-state index in [0.29, 0.717) is 17.8 Å². The lowest BCUT2D eigenvalue weighted by Gasteiger charge is -2.19. The molecular weight excluding hydrogens is 274 g/mol. The molecule has 1 aromatic rings. The number of ether oxygens (including phenoxy) is 2. The monoisotopic (exact) mass is 291 g/mol. The van der Waals surface area contributed by atoms with Gasteiger partial charge in [-0.15, -0.1) is 0 Å². The number of esters is 2. The van der Waals surface area contributed by atoms with Gasteiger partial charge in [0.25, 0.3) is 0 Å². The fraction of sp³-hybridized carbons (Fsp3) is 0.400. The van der Waals surface area contributed by atoms with Crippen LogP contribution in [0.4, 0.5) is 5.69 Å². The van der Waals surface area contributed by atoms with E-state index < -0.39 is 11.9 Å². The van der Waals surface area contributed by atoms with Crippen LogP contribution in [0.3, 0.4) is 0 Å². The summed E-state index contributed by atoms with van der Waals surface area (Å²) in [6.45, 7) is 2.10. The number of carbonyl (C=O) groups excluding carboxylic acids is 3. The molecule has 1 saturated heterocycles. The van der Waals surface area contributed by atoms with Crippen molar-refractivity contribution in [2.24, 2.45) is 5.92 Å². The van der Waals surface area contributed by atoms with E-state index in [2.05, 4.69) is 9.47 Å². The molecule has 0 spiro atoms. The fourth-order valence-electron chi connectivity index (χ4n) is 2.47. The van der Waals surface area contributed by atoms with Crippen LogP contribution >= 0.6 is 0 Å². The van der Waals surface area contributed by atoms with Gasteiger partial charge in [-0.3, -0.25) is 9.59 Å². The summed E-state index contributed by atoms with van der Waals surface area (Å²) in [6.07, 6.45) is 0.144. The maximum absolute atomic E-state index is 12.1. The second-order valence-corrected chi connectivity index (χ2v) is 4.92. The minimum atomic E-state index is -0.442. The first-order valence-electron chi connectivity index (χ1n) is 6.55. The van der Waals surface area contributed by atoms with Gasteiger partial charge < -0.3 is 14.4 Å². The highest BCUT2D eigenvalue weighted by Crippen LogP contribution is 2.29. The third-order valence-electron chi connectivity index (χ3n) is 3.57. The highest BCUT2D eigenvalue weighted by atomic mass is 16.5. The van der Waals surface area contributed by atoms with Crippen LogP contribution in [0.15, 0.2) is 18.2 Å². The van der Waals surface area contributed by atoms with E-state index in [1.54, 1.807) is 30.0 Å². The molecule has 1 aliphatic rings. The van der Waals surface area contributed by atoms with Crippen molar-refractivity contribution in [3.63, 3.8) is 0 Å². The minimum absolute atomic E-state index is 0.126. The van der Waals surface area contributed by atoms with Gasteiger partial charge in [0.1, 0.15) is 0 Å². The summed E-state index contributed by atoms with van der Waals surface area (Å²) in [5.41, 5.74) is 1.89. The summed E-state index contributed by atoms with van der Waals surface area (Å²) in [5.74, 6) is -1.37. The maximum Gasteiger partial charge on any atom is 0.337 e. The first kappa shape index (κ1) is 15.0. The second-order valence-electron chi connectivity index (χ2n) is 4.92. The van der Waals surface area contributed by atoms with E-state index in [0.717, 1.165) is 5.56 Å². The van der Waals surface area contributed by atoms with Crippen molar-refractivity contribution in [2.45, 2.75) is 13.3 Å². The van der Waals surface area contributed by atoms with E-state index in [-0.39, 0.29) is 18.3 Å². The molecule has 1 fully saturated rings. The van der Waals surface area contributed by atoms with Crippen molar-refractivity contribution >= 4 is 23.5 Å². The number of aryl methyl sites for hydroxylation is 1. The Balaban J connectivity index is 2.25. The zero-order valence-corrected chi connectivity index (χ0v) is 12.2. The molecule has 112 valence electrons. The molecule has 0 aliphatic carbocycles. The predicted molar refractivity (Wildman–Crippen MR) is 75.0 cm³/mol. The number of carbonyl (C=O) groups is 3. The normalized spacial score (nSPS) is 17.8. The molecule has 6 heteroatoms. The molecule has 1 heterocycles. The van der Waals surface area contributed by atoms with Crippen molar-refractivity contribution in [3.8, 4) is 0 Å². The van der Waals surface area contributed by atoms with Gasteiger partial charge in [0.15, 0.2) is 0 Å². The molecule has 21 heavy (non-hydrogen) atoms. The molecule has 0 aromatic heterocycles. The van der Waals surface area contributed by atoms with Crippen molar-refractivity contribution in [2.75, 3.05) is 25.7 Å². The highest BCUT2D eigenvalue weighted by molar-refractivity contribution is 6.00. The number of hydrogen-bond acceptors (Lipinski definition) is 5. The van der Waals surface area contributed by atoms with Crippen LogP contribution in [-0.4, -0.2) is 38.6 Å². The van der Waals surface area contributed by atoms with E-state index in [4.69, 9.17) is 0 Å². The van der Waals surface area contributed by atoms with Gasteiger partial charge in [-0.05, 0) is 30.7 Å². The predicted octanol–water partition coefficient (Wildman–Crippen LogP) is 1.31. The molecule has 0 radical (unpaired) electrons. The molecule has 0 saturated carbocycles. The zero-order chi connectivity index (χ0) is 15.6. The van der Waals surface area contributed by atoms with Crippen LogP contribution in [0.25, 0.3) is 0 Å². The largest absolute Gasteiger partial charge is 0.469 e. The van der Waals surface area contributed by atoms with Crippen LogP contribution in [0, 0.1) is 12.8 Å². The van der Waals surface area contributed by atoms with Crippen LogP contribution in [0.1, 0.15) is 22.3 Å². The molecule has 2 rings (SSSR count). The Labute approximate surface area is 122 Å². The van der Waals surface area contributed by atoms with Crippen molar-refractivity contribution in [1.29, 1.82) is 0 Å². The molecule has 0 bridgehead atoms. The van der Waals surface area contributed by atoms with Crippen molar-refractivity contribution in [1.82, 2.24) is 0 Å². The quantitative estimate of drug-likeness (QED) is 0.785. The van der Waals surface area contributed by atoms with Crippen LogP contribution in [-0.2, 0) is 19.1 Å². The summed E-state index contributed by atoms with van der Waals surface area (Å²) >= 11 is 0. The second kappa shape index (κ2) is 5.95. The number of benzene rings is 1. The summed E-state index contributed by atoms with van der Waals surface area (Å²) in [6, 6.07) is 4.96. The van der Waals surface area contributed by atoms with Gasteiger partial charge >= 0.3 is 11.9 Å². The zero-order valence-electron chi connectivity index (χ0n) is 12.2. The van der Waals surface area contributed by atoms with E-state index >= 15 is 0 Å². The third kappa shape index (κ3) is 2.89. The molecular formula is C15H17NO5. The SMILES string of the molecule is COC(=O)c1ccc(N2C[C@H](C(=O)OC)CC2=O)c(C)c1. The molecule has 1 aliphatic heterocycles. The number of anilines is 1. The van der Waals surface area contributed by atoms with E-state index in [1.165, 1.54) is 14.2 Å². The Bertz CT molecular complexity index is 596. The Morgan fingerprint density at radius 3 is 2.52 bits per heavy atom. The molecule has 0 unspecified atom stereocenters. The van der Waals surface area contributed by atoms with Gasteiger partial charge in [0, 0.05) is 18.7 Å². The van der Waals surface area contributed by atoms with Gasteiger partial charge in [0.2, 0.25) is 5.91 Å². The van der Waals surface area contributed by atoms with E-state index in [9.17, 15) is 14.4 Å². The topological polar surface area (TPSA) is 72.9 Å². The van der Waals surface area contributed by atoms with Gasteiger partial charge in [-0.1, -0.05) is 0 Å². The van der Waals surface area contributed by atoms with Gasteiger partial charge in [-0.2, -0.15) is 0 Å². The Hall–Kier alpha value is -2.37. The lowest BCUT2D eigenvalue weighted by Crippen LogP contribution is -2.27. The van der Waals surface area contributed by atoms with Crippen LogP contribution in [0.5, 0.6) is 0 Å². The lowest BCUT2D eigenvalue weighted by molar-refractivity contribution is -0.145. The van der Waals surface area contributed by atoms with Gasteiger partial charge in [0.05, 0.1) is 25.7 Å². The van der Waals surface area contributed by atoms with Crippen molar-refractivity contribution < 1.29 is 23.9 Å². The first-order valence-corrected chi connectivity index (χ1v) is 6.55. The first-order chi connectivity index (χ1) is 9.97. The minimum Gasteiger partial charge on any atom is -0.469 e. The Morgan fingerprint density at radius 1 is 1.24 bits per heavy atom. The number of nitrogens with zero attached hydrogens (tertiary/aromatic N) is 1. The molecule has 6 nitrogen and oxygen atoms in total. The number of methoxy groups -OCH3 is 2. The van der Waals surface area contributed by atoms with Crippen molar-refractivity contribution in [3.05, 3.63) is 29.3 Å². The maximum atomic E-state index is 12.1. The Morgan fingerprint density at radius 2 is 1.95 bits per heavy atom. The lowest BCUT2D eigenvalue weighted by atomic mass is 10.1. The molecule has 1 amide bonds. The average Bonchev–Trinajstić information content (AvgIpc) is 2.87. The number of rotatable bonds is 3. The standard InChI is InChI=1S/C15H17NO5/c1-9-6-10(14(18)20-2)4-5-12(9)16-8-11(7-13(16)17)15(19)21-3/h4-6,11H,7-8H2,1-3H3/t11-/m1/s1. The molecule has 0 N–H and O–H groups in total. The molecule has 1 atom stereocenters. The fourth-order valence-corrected chi connectivity index (χ4v) is 2.47. The third-order valence-corrected chi connectivity index (χ3v) is 3.57. The number of amides is 1. The summed E-state index contributed by atoms with van der Waals surface area (Å²) in [5, 5.41) is 0. The molecule has 1 aromatic carbocycles. The average molecular weight is 291 g/mol. The van der Waals surface area contributed by atoms with Crippen LogP contribution < -0.4 is 4.90 Å². The summed E-state index contributed by atoms with van der Waals surface area (Å²) in [7, 11) is 2.63. The summed E-state index contributed by atoms with van der Waals surface area (Å²) in [4.78, 5) is 36.6. The van der Waals surface area contributed by atoms with E-state index in [1.807, 2.05) is 0 Å². The smallest absolute Gasteiger partial charge is 0.337 e.